The molecule has 2 rings (SSSR count). The van der Waals surface area contributed by atoms with Gasteiger partial charge in [-0.15, -0.1) is 0 Å². The Labute approximate surface area is 154 Å². The number of ether oxygens (including phenoxy) is 1. The normalized spacial score (nSPS) is 18.2. The van der Waals surface area contributed by atoms with Gasteiger partial charge >= 0.3 is 6.09 Å². The van der Waals surface area contributed by atoms with Gasteiger partial charge in [-0.2, -0.15) is 0 Å². The quantitative estimate of drug-likeness (QED) is 0.797. The van der Waals surface area contributed by atoms with Crippen LogP contribution in [0.3, 0.4) is 0 Å². The summed E-state index contributed by atoms with van der Waals surface area (Å²) in [7, 11) is 0. The van der Waals surface area contributed by atoms with E-state index in [0.717, 1.165) is 18.9 Å². The fourth-order valence-electron chi connectivity index (χ4n) is 3.27. The van der Waals surface area contributed by atoms with E-state index in [9.17, 15) is 13.6 Å². The van der Waals surface area contributed by atoms with Crippen molar-refractivity contribution in [3.8, 4) is 0 Å². The Morgan fingerprint density at radius 1 is 1.08 bits per heavy atom. The molecule has 4 nitrogen and oxygen atoms in total. The summed E-state index contributed by atoms with van der Waals surface area (Å²) in [6, 6.07) is 3.68. The molecular weight excluding hydrogens is 338 g/mol. The summed E-state index contributed by atoms with van der Waals surface area (Å²) in [6.45, 7) is 7.42. The van der Waals surface area contributed by atoms with E-state index >= 15 is 0 Å². The molecule has 1 aliphatic carbocycles. The highest BCUT2D eigenvalue weighted by atomic mass is 19.1. The van der Waals surface area contributed by atoms with Gasteiger partial charge in [-0.05, 0) is 58.2 Å². The summed E-state index contributed by atoms with van der Waals surface area (Å²) in [4.78, 5) is 12.3. The van der Waals surface area contributed by atoms with Crippen LogP contribution in [0.5, 0.6) is 0 Å². The maximum atomic E-state index is 13.8. The fourth-order valence-corrected chi connectivity index (χ4v) is 3.27. The van der Waals surface area contributed by atoms with Crippen LogP contribution in [0.2, 0.25) is 0 Å². The van der Waals surface area contributed by atoms with Crippen LogP contribution < -0.4 is 10.6 Å². The number of hydrogen-bond donors (Lipinski definition) is 2. The van der Waals surface area contributed by atoms with E-state index in [-0.39, 0.29) is 0 Å². The van der Waals surface area contributed by atoms with Gasteiger partial charge in [-0.25, -0.2) is 13.6 Å². The molecule has 1 atom stereocenters. The molecule has 1 aliphatic rings. The minimum atomic E-state index is -0.997. The molecule has 0 spiro atoms. The average molecular weight is 368 g/mol. The summed E-state index contributed by atoms with van der Waals surface area (Å²) in [6.07, 6.45) is 5.10. The standard InChI is InChI=1S/C20H30F2N2O2/c1-19(2,3)26-18(25)24-20(4,13-23-17-8-6-5-7-9-17)14-10-15(21)12-16(22)11-14/h10-12,17,23H,5-9,13H2,1-4H3,(H,24,25). The van der Waals surface area contributed by atoms with Crippen molar-refractivity contribution in [1.82, 2.24) is 10.6 Å². The van der Waals surface area contributed by atoms with Crippen molar-refractivity contribution in [1.29, 1.82) is 0 Å². The molecule has 1 fully saturated rings. The van der Waals surface area contributed by atoms with E-state index in [0.29, 0.717) is 18.2 Å². The Hall–Kier alpha value is -1.69. The highest BCUT2D eigenvalue weighted by Crippen LogP contribution is 2.25. The molecule has 146 valence electrons. The van der Waals surface area contributed by atoms with Gasteiger partial charge in [-0.3, -0.25) is 0 Å². The molecule has 0 aromatic heterocycles. The number of rotatable bonds is 5. The van der Waals surface area contributed by atoms with E-state index in [1.54, 1.807) is 27.7 Å². The Morgan fingerprint density at radius 2 is 1.65 bits per heavy atom. The third kappa shape index (κ3) is 6.24. The SMILES string of the molecule is CC(C)(C)OC(=O)NC(C)(CNC1CCCCC1)c1cc(F)cc(F)c1. The molecule has 0 saturated heterocycles. The van der Waals surface area contributed by atoms with Crippen LogP contribution >= 0.6 is 0 Å². The molecule has 1 unspecified atom stereocenters. The molecule has 0 bridgehead atoms. The van der Waals surface area contributed by atoms with Crippen molar-refractivity contribution in [3.05, 3.63) is 35.4 Å². The van der Waals surface area contributed by atoms with Crippen molar-refractivity contribution in [2.24, 2.45) is 0 Å². The summed E-state index contributed by atoms with van der Waals surface area (Å²) in [5.41, 5.74) is -1.29. The Morgan fingerprint density at radius 3 is 2.19 bits per heavy atom. The minimum absolute atomic E-state index is 0.349. The van der Waals surface area contributed by atoms with Crippen LogP contribution in [-0.2, 0) is 10.3 Å². The summed E-state index contributed by atoms with van der Waals surface area (Å²) in [5.74, 6) is -1.34. The van der Waals surface area contributed by atoms with E-state index in [2.05, 4.69) is 10.6 Å². The zero-order chi connectivity index (χ0) is 19.4. The van der Waals surface area contributed by atoms with E-state index in [1.165, 1.54) is 31.4 Å². The van der Waals surface area contributed by atoms with Crippen LogP contribution in [0.25, 0.3) is 0 Å². The number of carbonyl (C=O) groups is 1. The number of halogens is 2. The van der Waals surface area contributed by atoms with Gasteiger partial charge in [0.05, 0.1) is 5.54 Å². The molecule has 0 radical (unpaired) electrons. The predicted molar refractivity (Wildman–Crippen MR) is 98.0 cm³/mol. The first-order chi connectivity index (χ1) is 12.1. The van der Waals surface area contributed by atoms with Crippen LogP contribution in [0.15, 0.2) is 18.2 Å². The summed E-state index contributed by atoms with van der Waals surface area (Å²) >= 11 is 0. The topological polar surface area (TPSA) is 50.4 Å². The summed E-state index contributed by atoms with van der Waals surface area (Å²) in [5, 5.41) is 6.26. The van der Waals surface area contributed by atoms with Crippen molar-refractivity contribution in [2.75, 3.05) is 6.54 Å². The second-order valence-corrected chi connectivity index (χ2v) is 8.33. The molecule has 1 aromatic rings. The molecule has 1 saturated carbocycles. The maximum Gasteiger partial charge on any atom is 0.408 e. The Kier molecular flexibility index (Phi) is 6.61. The Balaban J connectivity index is 2.19. The number of hydrogen-bond acceptors (Lipinski definition) is 3. The second kappa shape index (κ2) is 8.33. The number of nitrogens with one attached hydrogen (secondary N) is 2. The molecular formula is C20H30F2N2O2. The molecule has 0 heterocycles. The second-order valence-electron chi connectivity index (χ2n) is 8.33. The number of benzene rings is 1. The minimum Gasteiger partial charge on any atom is -0.444 e. The predicted octanol–water partition coefficient (Wildman–Crippen LogP) is 4.63. The van der Waals surface area contributed by atoms with E-state index in [4.69, 9.17) is 4.74 Å². The van der Waals surface area contributed by atoms with Crippen LogP contribution in [0, 0.1) is 11.6 Å². The molecule has 1 aromatic carbocycles. The lowest BCUT2D eigenvalue weighted by Gasteiger charge is -2.35. The third-order valence-electron chi connectivity index (χ3n) is 4.63. The lowest BCUT2D eigenvalue weighted by molar-refractivity contribution is 0.0457. The highest BCUT2D eigenvalue weighted by Gasteiger charge is 2.32. The largest absolute Gasteiger partial charge is 0.444 e. The fraction of sp³-hybridized carbons (Fsp3) is 0.650. The first-order valence-corrected chi connectivity index (χ1v) is 9.28. The smallest absolute Gasteiger partial charge is 0.408 e. The number of amides is 1. The first kappa shape index (κ1) is 20.6. The van der Waals surface area contributed by atoms with Gasteiger partial charge < -0.3 is 15.4 Å². The van der Waals surface area contributed by atoms with E-state index < -0.39 is 28.9 Å². The van der Waals surface area contributed by atoms with Crippen LogP contribution in [0.1, 0.15) is 65.4 Å². The van der Waals surface area contributed by atoms with Crippen molar-refractivity contribution < 1.29 is 18.3 Å². The monoisotopic (exact) mass is 368 g/mol. The highest BCUT2D eigenvalue weighted by molar-refractivity contribution is 5.69. The zero-order valence-corrected chi connectivity index (χ0v) is 16.1. The van der Waals surface area contributed by atoms with Crippen molar-refractivity contribution in [2.45, 2.75) is 77.0 Å². The van der Waals surface area contributed by atoms with Gasteiger partial charge in [0.1, 0.15) is 17.2 Å². The summed E-state index contributed by atoms with van der Waals surface area (Å²) < 4.78 is 32.9. The van der Waals surface area contributed by atoms with Gasteiger partial charge in [0.15, 0.2) is 0 Å². The van der Waals surface area contributed by atoms with Crippen LogP contribution in [-0.4, -0.2) is 24.3 Å². The van der Waals surface area contributed by atoms with Crippen molar-refractivity contribution in [3.63, 3.8) is 0 Å². The van der Waals surface area contributed by atoms with Gasteiger partial charge in [0, 0.05) is 18.7 Å². The number of alkyl carbamates (subject to hydrolysis) is 1. The molecule has 2 N–H and O–H groups in total. The lowest BCUT2D eigenvalue weighted by Crippen LogP contribution is -2.53. The van der Waals surface area contributed by atoms with Gasteiger partial charge in [-0.1, -0.05) is 19.3 Å². The Bertz CT molecular complexity index is 604. The first-order valence-electron chi connectivity index (χ1n) is 9.28. The molecule has 0 aliphatic heterocycles. The maximum absolute atomic E-state index is 13.8. The van der Waals surface area contributed by atoms with Gasteiger partial charge in [0.2, 0.25) is 0 Å². The zero-order valence-electron chi connectivity index (χ0n) is 16.1. The number of carbonyl (C=O) groups excluding carboxylic acids is 1. The molecule has 26 heavy (non-hydrogen) atoms. The van der Waals surface area contributed by atoms with Gasteiger partial charge in [0.25, 0.3) is 0 Å². The van der Waals surface area contributed by atoms with Crippen molar-refractivity contribution >= 4 is 6.09 Å². The molecule has 1 amide bonds. The lowest BCUT2D eigenvalue weighted by atomic mass is 9.89. The average Bonchev–Trinajstić information content (AvgIpc) is 2.51. The van der Waals surface area contributed by atoms with E-state index in [1.807, 2.05) is 0 Å². The molecule has 6 heteroatoms. The third-order valence-corrected chi connectivity index (χ3v) is 4.63. The van der Waals surface area contributed by atoms with Crippen LogP contribution in [0.4, 0.5) is 13.6 Å².